The standard InChI is InChI=1S/C11H12O2/c1-3-10(12)8-9-4-6-11(13-2)7-5-9/h1,4-7,10,12H,8H2,2H3. The summed E-state index contributed by atoms with van der Waals surface area (Å²) < 4.78 is 5.00. The molecule has 0 aliphatic heterocycles. The molecule has 0 bridgehead atoms. The van der Waals surface area contributed by atoms with Crippen molar-refractivity contribution < 1.29 is 9.84 Å². The van der Waals surface area contributed by atoms with E-state index >= 15 is 0 Å². The Bertz CT molecular complexity index is 295. The van der Waals surface area contributed by atoms with E-state index in [0.717, 1.165) is 11.3 Å². The van der Waals surface area contributed by atoms with Gasteiger partial charge in [0, 0.05) is 6.42 Å². The summed E-state index contributed by atoms with van der Waals surface area (Å²) in [4.78, 5) is 0. The molecule has 1 atom stereocenters. The van der Waals surface area contributed by atoms with Crippen LogP contribution in [0.25, 0.3) is 0 Å². The van der Waals surface area contributed by atoms with Crippen molar-refractivity contribution in [2.75, 3.05) is 7.11 Å². The van der Waals surface area contributed by atoms with Gasteiger partial charge in [0.1, 0.15) is 11.9 Å². The van der Waals surface area contributed by atoms with Crippen LogP contribution in [0.15, 0.2) is 24.3 Å². The Balaban J connectivity index is 2.65. The molecule has 0 radical (unpaired) electrons. The second kappa shape index (κ2) is 4.54. The molecule has 1 N–H and O–H groups in total. The third-order valence-corrected chi connectivity index (χ3v) is 1.78. The van der Waals surface area contributed by atoms with Crippen molar-refractivity contribution in [2.45, 2.75) is 12.5 Å². The quantitative estimate of drug-likeness (QED) is 0.702. The number of methoxy groups -OCH3 is 1. The fraction of sp³-hybridized carbons (Fsp3) is 0.273. The Labute approximate surface area is 78.2 Å². The Kier molecular flexibility index (Phi) is 3.36. The fourth-order valence-electron chi connectivity index (χ4n) is 1.04. The summed E-state index contributed by atoms with van der Waals surface area (Å²) in [6.45, 7) is 0. The summed E-state index contributed by atoms with van der Waals surface area (Å²) in [6.07, 6.45) is 4.84. The third-order valence-electron chi connectivity index (χ3n) is 1.78. The lowest BCUT2D eigenvalue weighted by Crippen LogP contribution is -2.06. The molecular weight excluding hydrogens is 164 g/mol. The number of hydrogen-bond donors (Lipinski definition) is 1. The van der Waals surface area contributed by atoms with Crippen LogP contribution in [0.4, 0.5) is 0 Å². The SMILES string of the molecule is C#CC(O)Cc1ccc(OC)cc1. The molecule has 1 aromatic carbocycles. The van der Waals surface area contributed by atoms with Crippen molar-refractivity contribution in [2.24, 2.45) is 0 Å². The topological polar surface area (TPSA) is 29.5 Å². The first-order valence-electron chi connectivity index (χ1n) is 4.03. The van der Waals surface area contributed by atoms with Crippen molar-refractivity contribution in [1.82, 2.24) is 0 Å². The van der Waals surface area contributed by atoms with Crippen LogP contribution in [0.5, 0.6) is 5.75 Å². The lowest BCUT2D eigenvalue weighted by molar-refractivity contribution is 0.233. The zero-order chi connectivity index (χ0) is 9.68. The average molecular weight is 176 g/mol. The highest BCUT2D eigenvalue weighted by atomic mass is 16.5. The lowest BCUT2D eigenvalue weighted by atomic mass is 10.1. The van der Waals surface area contributed by atoms with Gasteiger partial charge >= 0.3 is 0 Å². The molecule has 0 saturated heterocycles. The number of hydrogen-bond acceptors (Lipinski definition) is 2. The Morgan fingerprint density at radius 3 is 2.54 bits per heavy atom. The molecule has 0 aromatic heterocycles. The summed E-state index contributed by atoms with van der Waals surface area (Å²) in [6, 6.07) is 7.47. The van der Waals surface area contributed by atoms with Gasteiger partial charge in [-0.1, -0.05) is 18.1 Å². The molecule has 0 aliphatic rings. The molecule has 0 saturated carbocycles. The summed E-state index contributed by atoms with van der Waals surface area (Å²) >= 11 is 0. The van der Waals surface area contributed by atoms with Crippen LogP contribution in [0.2, 0.25) is 0 Å². The van der Waals surface area contributed by atoms with E-state index in [0.29, 0.717) is 6.42 Å². The number of benzene rings is 1. The molecule has 68 valence electrons. The van der Waals surface area contributed by atoms with Gasteiger partial charge in [0.05, 0.1) is 7.11 Å². The van der Waals surface area contributed by atoms with E-state index in [1.807, 2.05) is 24.3 Å². The van der Waals surface area contributed by atoms with E-state index in [1.165, 1.54) is 0 Å². The number of ether oxygens (including phenoxy) is 1. The average Bonchev–Trinajstić information content (AvgIpc) is 2.19. The predicted molar refractivity (Wildman–Crippen MR) is 51.5 cm³/mol. The fourth-order valence-corrected chi connectivity index (χ4v) is 1.04. The monoisotopic (exact) mass is 176 g/mol. The van der Waals surface area contributed by atoms with Crippen LogP contribution < -0.4 is 4.74 Å². The summed E-state index contributed by atoms with van der Waals surface area (Å²) in [7, 11) is 1.62. The Hall–Kier alpha value is -1.46. The molecule has 2 heteroatoms. The van der Waals surface area contributed by atoms with Gasteiger partial charge in [0.25, 0.3) is 0 Å². The van der Waals surface area contributed by atoms with Crippen LogP contribution >= 0.6 is 0 Å². The highest BCUT2D eigenvalue weighted by Crippen LogP contribution is 2.12. The van der Waals surface area contributed by atoms with Crippen LogP contribution in [-0.2, 0) is 6.42 Å². The molecule has 0 amide bonds. The summed E-state index contributed by atoms with van der Waals surface area (Å²) in [5.41, 5.74) is 1.01. The smallest absolute Gasteiger partial charge is 0.118 e. The maximum atomic E-state index is 9.17. The van der Waals surface area contributed by atoms with Crippen LogP contribution in [0.1, 0.15) is 5.56 Å². The molecule has 1 rings (SSSR count). The second-order valence-corrected chi connectivity index (χ2v) is 2.73. The lowest BCUT2D eigenvalue weighted by Gasteiger charge is -2.04. The predicted octanol–water partition coefficient (Wildman–Crippen LogP) is 1.23. The van der Waals surface area contributed by atoms with E-state index in [4.69, 9.17) is 11.2 Å². The van der Waals surface area contributed by atoms with E-state index in [-0.39, 0.29) is 0 Å². The van der Waals surface area contributed by atoms with Crippen LogP contribution in [-0.4, -0.2) is 18.3 Å². The molecule has 13 heavy (non-hydrogen) atoms. The largest absolute Gasteiger partial charge is 0.497 e. The van der Waals surface area contributed by atoms with Gasteiger partial charge in [-0.15, -0.1) is 6.42 Å². The second-order valence-electron chi connectivity index (χ2n) is 2.73. The van der Waals surface area contributed by atoms with E-state index in [9.17, 15) is 5.11 Å². The number of aliphatic hydroxyl groups is 1. The maximum absolute atomic E-state index is 9.17. The molecule has 2 nitrogen and oxygen atoms in total. The molecular formula is C11H12O2. The number of aliphatic hydroxyl groups excluding tert-OH is 1. The molecule has 1 aromatic rings. The van der Waals surface area contributed by atoms with E-state index in [2.05, 4.69) is 5.92 Å². The summed E-state index contributed by atoms with van der Waals surface area (Å²) in [5, 5.41) is 9.17. The summed E-state index contributed by atoms with van der Waals surface area (Å²) in [5.74, 6) is 3.07. The van der Waals surface area contributed by atoms with E-state index < -0.39 is 6.10 Å². The molecule has 0 aliphatic carbocycles. The van der Waals surface area contributed by atoms with Gasteiger partial charge < -0.3 is 9.84 Å². The van der Waals surface area contributed by atoms with Gasteiger partial charge in [-0.2, -0.15) is 0 Å². The highest BCUT2D eigenvalue weighted by Gasteiger charge is 2.00. The first-order valence-corrected chi connectivity index (χ1v) is 4.03. The first-order chi connectivity index (χ1) is 6.26. The molecule has 0 fully saturated rings. The maximum Gasteiger partial charge on any atom is 0.118 e. The zero-order valence-corrected chi connectivity index (χ0v) is 7.53. The van der Waals surface area contributed by atoms with Gasteiger partial charge in [0.15, 0.2) is 0 Å². The van der Waals surface area contributed by atoms with Gasteiger partial charge in [0.2, 0.25) is 0 Å². The normalized spacial score (nSPS) is 11.8. The minimum absolute atomic E-state index is 0.487. The van der Waals surface area contributed by atoms with Crippen LogP contribution in [0.3, 0.4) is 0 Å². The Morgan fingerprint density at radius 2 is 2.08 bits per heavy atom. The van der Waals surface area contributed by atoms with Crippen molar-refractivity contribution in [3.05, 3.63) is 29.8 Å². The zero-order valence-electron chi connectivity index (χ0n) is 7.53. The van der Waals surface area contributed by atoms with Crippen LogP contribution in [0, 0.1) is 12.3 Å². The number of terminal acetylenes is 1. The van der Waals surface area contributed by atoms with Crippen molar-refractivity contribution in [1.29, 1.82) is 0 Å². The minimum Gasteiger partial charge on any atom is -0.497 e. The van der Waals surface area contributed by atoms with Gasteiger partial charge in [-0.05, 0) is 17.7 Å². The molecule has 0 spiro atoms. The molecule has 1 unspecified atom stereocenters. The van der Waals surface area contributed by atoms with Crippen molar-refractivity contribution >= 4 is 0 Å². The first kappa shape index (κ1) is 9.63. The third kappa shape index (κ3) is 2.81. The molecule has 0 heterocycles. The number of rotatable bonds is 3. The van der Waals surface area contributed by atoms with E-state index in [1.54, 1.807) is 7.11 Å². The van der Waals surface area contributed by atoms with Crippen molar-refractivity contribution in [3.8, 4) is 18.1 Å². The van der Waals surface area contributed by atoms with Crippen molar-refractivity contribution in [3.63, 3.8) is 0 Å². The van der Waals surface area contributed by atoms with Gasteiger partial charge in [-0.3, -0.25) is 0 Å². The van der Waals surface area contributed by atoms with Gasteiger partial charge in [-0.25, -0.2) is 0 Å². The highest BCUT2D eigenvalue weighted by molar-refractivity contribution is 5.28. The minimum atomic E-state index is -0.701. The Morgan fingerprint density at radius 1 is 1.46 bits per heavy atom.